The summed E-state index contributed by atoms with van der Waals surface area (Å²) in [5, 5.41) is 0. The van der Waals surface area contributed by atoms with Crippen molar-refractivity contribution < 1.29 is 0 Å². The first-order valence-corrected chi connectivity index (χ1v) is 4.03. The molecule has 1 heterocycles. The van der Waals surface area contributed by atoms with Gasteiger partial charge >= 0.3 is 0 Å². The number of aromatic nitrogens is 1. The summed E-state index contributed by atoms with van der Waals surface area (Å²) in [5.74, 6) is 0.631. The topological polar surface area (TPSA) is 38.9 Å². The molecule has 13 heavy (non-hydrogen) atoms. The van der Waals surface area contributed by atoms with Crippen LogP contribution in [0, 0.1) is 0 Å². The average molecular weight is 221 g/mol. The van der Waals surface area contributed by atoms with E-state index >= 15 is 0 Å². The van der Waals surface area contributed by atoms with Crippen molar-refractivity contribution in [3.05, 3.63) is 30.1 Å². The summed E-state index contributed by atoms with van der Waals surface area (Å²) in [6.45, 7) is 0. The van der Waals surface area contributed by atoms with Crippen LogP contribution in [-0.4, -0.2) is 11.0 Å². The molecule has 1 saturated carbocycles. The first kappa shape index (κ1) is 12.7. The maximum atomic E-state index is 5.68. The Morgan fingerprint density at radius 3 is 2.38 bits per heavy atom. The highest BCUT2D eigenvalue weighted by atomic mass is 35.5. The van der Waals surface area contributed by atoms with Crippen LogP contribution in [0.1, 0.15) is 24.5 Å². The molecule has 0 atom stereocenters. The van der Waals surface area contributed by atoms with E-state index in [1.54, 1.807) is 0 Å². The van der Waals surface area contributed by atoms with Gasteiger partial charge in [-0.25, -0.2) is 0 Å². The van der Waals surface area contributed by atoms with Gasteiger partial charge < -0.3 is 5.73 Å². The summed E-state index contributed by atoms with van der Waals surface area (Å²) in [4.78, 5) is 4.28. The molecule has 1 aromatic rings. The maximum absolute atomic E-state index is 5.68. The Morgan fingerprint density at radius 1 is 1.23 bits per heavy atom. The van der Waals surface area contributed by atoms with Crippen molar-refractivity contribution in [1.82, 2.24) is 4.98 Å². The first-order chi connectivity index (χ1) is 5.36. The number of hydrogen-bond acceptors (Lipinski definition) is 2. The molecule has 1 fully saturated rings. The second-order valence-corrected chi connectivity index (χ2v) is 3.18. The number of rotatable bonds is 1. The van der Waals surface area contributed by atoms with E-state index in [1.165, 1.54) is 5.69 Å². The Hall–Kier alpha value is -0.310. The van der Waals surface area contributed by atoms with Crippen molar-refractivity contribution in [3.8, 4) is 0 Å². The van der Waals surface area contributed by atoms with E-state index in [0.717, 1.165) is 12.8 Å². The van der Waals surface area contributed by atoms with E-state index in [1.807, 2.05) is 18.3 Å². The van der Waals surface area contributed by atoms with E-state index < -0.39 is 0 Å². The Balaban J connectivity index is 0.000000720. The number of pyridine rings is 1. The van der Waals surface area contributed by atoms with Crippen molar-refractivity contribution in [1.29, 1.82) is 0 Å². The number of hydrogen-bond donors (Lipinski definition) is 1. The highest BCUT2D eigenvalue weighted by molar-refractivity contribution is 5.85. The number of nitrogens with zero attached hydrogens (tertiary/aromatic N) is 1. The fourth-order valence-electron chi connectivity index (χ4n) is 1.52. The monoisotopic (exact) mass is 220 g/mol. The molecule has 0 amide bonds. The molecular weight excluding hydrogens is 207 g/mol. The van der Waals surface area contributed by atoms with Crippen LogP contribution in [0.2, 0.25) is 0 Å². The molecule has 4 heteroatoms. The molecule has 1 aromatic heterocycles. The summed E-state index contributed by atoms with van der Waals surface area (Å²) < 4.78 is 0. The van der Waals surface area contributed by atoms with E-state index in [0.29, 0.717) is 12.0 Å². The van der Waals surface area contributed by atoms with Crippen molar-refractivity contribution >= 4 is 24.8 Å². The maximum Gasteiger partial charge on any atom is 0.0435 e. The van der Waals surface area contributed by atoms with Crippen LogP contribution in [0.3, 0.4) is 0 Å². The predicted octanol–water partition coefficient (Wildman–Crippen LogP) is 2.13. The summed E-state index contributed by atoms with van der Waals surface area (Å²) in [6, 6.07) is 6.48. The van der Waals surface area contributed by atoms with Crippen LogP contribution >= 0.6 is 24.8 Å². The SMILES string of the molecule is Cl.Cl.NC1CC(c2ccccn2)C1. The smallest absolute Gasteiger partial charge is 0.0435 e. The lowest BCUT2D eigenvalue weighted by atomic mass is 9.78. The summed E-state index contributed by atoms with van der Waals surface area (Å²) >= 11 is 0. The van der Waals surface area contributed by atoms with Crippen LogP contribution < -0.4 is 5.73 Å². The number of halogens is 2. The van der Waals surface area contributed by atoms with Gasteiger partial charge in [-0.15, -0.1) is 24.8 Å². The third kappa shape index (κ3) is 2.83. The van der Waals surface area contributed by atoms with E-state index in [4.69, 9.17) is 5.73 Å². The normalized spacial score (nSPS) is 25.0. The van der Waals surface area contributed by atoms with Crippen LogP contribution in [0.15, 0.2) is 24.4 Å². The van der Waals surface area contributed by atoms with Gasteiger partial charge in [0.05, 0.1) is 0 Å². The summed E-state index contributed by atoms with van der Waals surface area (Å²) in [7, 11) is 0. The third-order valence-corrected chi connectivity index (χ3v) is 2.28. The zero-order chi connectivity index (χ0) is 7.68. The fraction of sp³-hybridized carbons (Fsp3) is 0.444. The molecule has 0 bridgehead atoms. The predicted molar refractivity (Wildman–Crippen MR) is 58.7 cm³/mol. The lowest BCUT2D eigenvalue weighted by Crippen LogP contribution is -2.35. The van der Waals surface area contributed by atoms with Gasteiger partial charge in [-0.2, -0.15) is 0 Å². The molecule has 0 spiro atoms. The highest BCUT2D eigenvalue weighted by Gasteiger charge is 2.27. The molecule has 74 valence electrons. The fourth-order valence-corrected chi connectivity index (χ4v) is 1.52. The van der Waals surface area contributed by atoms with Gasteiger partial charge in [-0.1, -0.05) is 6.07 Å². The molecular formula is C9H14Cl2N2. The van der Waals surface area contributed by atoms with Gasteiger partial charge in [-0.05, 0) is 25.0 Å². The molecule has 0 aromatic carbocycles. The van der Waals surface area contributed by atoms with Crippen LogP contribution in [0.4, 0.5) is 0 Å². The zero-order valence-electron chi connectivity index (χ0n) is 7.22. The van der Waals surface area contributed by atoms with Crippen molar-refractivity contribution in [2.24, 2.45) is 5.73 Å². The summed E-state index contributed by atoms with van der Waals surface area (Å²) in [5.41, 5.74) is 6.88. The first-order valence-electron chi connectivity index (χ1n) is 4.03. The molecule has 0 saturated heterocycles. The molecule has 2 N–H and O–H groups in total. The Kier molecular flexibility index (Phi) is 5.30. The lowest BCUT2D eigenvalue weighted by Gasteiger charge is -2.31. The van der Waals surface area contributed by atoms with Crippen LogP contribution in [-0.2, 0) is 0 Å². The van der Waals surface area contributed by atoms with E-state index in [-0.39, 0.29) is 24.8 Å². The molecule has 0 unspecified atom stereocenters. The van der Waals surface area contributed by atoms with Gasteiger partial charge in [0.2, 0.25) is 0 Å². The van der Waals surface area contributed by atoms with Crippen molar-refractivity contribution in [2.75, 3.05) is 0 Å². The zero-order valence-corrected chi connectivity index (χ0v) is 8.85. The van der Waals surface area contributed by atoms with Crippen LogP contribution in [0.5, 0.6) is 0 Å². The van der Waals surface area contributed by atoms with Gasteiger partial charge in [0.15, 0.2) is 0 Å². The van der Waals surface area contributed by atoms with E-state index in [2.05, 4.69) is 11.1 Å². The molecule has 1 aliphatic carbocycles. The van der Waals surface area contributed by atoms with Gasteiger partial charge in [0.1, 0.15) is 0 Å². The summed E-state index contributed by atoms with van der Waals surface area (Å²) in [6.07, 6.45) is 4.06. The Labute approximate surface area is 90.8 Å². The van der Waals surface area contributed by atoms with Crippen molar-refractivity contribution in [2.45, 2.75) is 24.8 Å². The second kappa shape index (κ2) is 5.43. The van der Waals surface area contributed by atoms with Gasteiger partial charge in [0, 0.05) is 23.9 Å². The highest BCUT2D eigenvalue weighted by Crippen LogP contribution is 2.33. The quantitative estimate of drug-likeness (QED) is 0.788. The minimum Gasteiger partial charge on any atom is -0.328 e. The molecule has 2 nitrogen and oxygen atoms in total. The second-order valence-electron chi connectivity index (χ2n) is 3.18. The van der Waals surface area contributed by atoms with Gasteiger partial charge in [0.25, 0.3) is 0 Å². The number of nitrogens with two attached hydrogens (primary N) is 1. The third-order valence-electron chi connectivity index (χ3n) is 2.28. The molecule has 0 radical (unpaired) electrons. The largest absolute Gasteiger partial charge is 0.328 e. The van der Waals surface area contributed by atoms with Gasteiger partial charge in [-0.3, -0.25) is 4.98 Å². The minimum absolute atomic E-state index is 0. The minimum atomic E-state index is 0. The lowest BCUT2D eigenvalue weighted by molar-refractivity contribution is 0.345. The average Bonchev–Trinajstić information content (AvgIpc) is 2.01. The van der Waals surface area contributed by atoms with Crippen molar-refractivity contribution in [3.63, 3.8) is 0 Å². The van der Waals surface area contributed by atoms with Crippen LogP contribution in [0.25, 0.3) is 0 Å². The molecule has 0 aliphatic heterocycles. The Bertz CT molecular complexity index is 235. The molecule has 1 aliphatic rings. The standard InChI is InChI=1S/C9H12N2.2ClH/c10-8-5-7(6-8)9-3-1-2-4-11-9;;/h1-4,7-8H,5-6,10H2;2*1H. The Morgan fingerprint density at radius 2 is 1.92 bits per heavy atom. The van der Waals surface area contributed by atoms with E-state index in [9.17, 15) is 0 Å². The molecule has 2 rings (SSSR count).